The van der Waals surface area contributed by atoms with Crippen LogP contribution in [0.1, 0.15) is 22.6 Å². The first-order valence-electron chi connectivity index (χ1n) is 6.15. The van der Waals surface area contributed by atoms with Gasteiger partial charge in [0, 0.05) is 30.5 Å². The van der Waals surface area contributed by atoms with Gasteiger partial charge in [-0.1, -0.05) is 12.1 Å². The number of fused-ring (bicyclic) bond motifs is 1. The van der Waals surface area contributed by atoms with Gasteiger partial charge in [0.15, 0.2) is 0 Å². The standard InChI is InChI=1S/C14H14FN3S/c1-16-14-11-7-19-8-12(11)17-13(18-14)6-9-2-4-10(15)5-3-9/h2-5H,6-8H2,1H3,(H,16,17,18). The van der Waals surface area contributed by atoms with Crippen LogP contribution in [0.15, 0.2) is 24.3 Å². The van der Waals surface area contributed by atoms with E-state index in [4.69, 9.17) is 0 Å². The molecule has 0 bridgehead atoms. The molecule has 0 fully saturated rings. The van der Waals surface area contributed by atoms with Crippen molar-refractivity contribution in [1.29, 1.82) is 0 Å². The fourth-order valence-electron chi connectivity index (χ4n) is 2.17. The molecule has 2 heterocycles. The van der Waals surface area contributed by atoms with Crippen molar-refractivity contribution in [3.8, 4) is 0 Å². The minimum absolute atomic E-state index is 0.217. The summed E-state index contributed by atoms with van der Waals surface area (Å²) < 4.78 is 12.9. The molecule has 0 aliphatic carbocycles. The smallest absolute Gasteiger partial charge is 0.135 e. The first kappa shape index (κ1) is 12.4. The second-order valence-electron chi connectivity index (χ2n) is 4.46. The van der Waals surface area contributed by atoms with Crippen molar-refractivity contribution in [3.63, 3.8) is 0 Å². The molecule has 1 aromatic heterocycles. The Morgan fingerprint density at radius 3 is 2.74 bits per heavy atom. The zero-order valence-electron chi connectivity index (χ0n) is 10.6. The lowest BCUT2D eigenvalue weighted by molar-refractivity contribution is 0.627. The third kappa shape index (κ3) is 2.56. The molecule has 2 aromatic rings. The number of hydrogen-bond donors (Lipinski definition) is 1. The number of benzene rings is 1. The highest BCUT2D eigenvalue weighted by Gasteiger charge is 2.19. The second-order valence-corrected chi connectivity index (χ2v) is 5.45. The molecule has 1 N–H and O–H groups in total. The van der Waals surface area contributed by atoms with Crippen LogP contribution in [-0.2, 0) is 17.9 Å². The van der Waals surface area contributed by atoms with E-state index in [1.165, 1.54) is 17.7 Å². The molecule has 3 nitrogen and oxygen atoms in total. The molecular weight excluding hydrogens is 261 g/mol. The van der Waals surface area contributed by atoms with Crippen molar-refractivity contribution in [3.05, 3.63) is 52.7 Å². The third-order valence-electron chi connectivity index (χ3n) is 3.14. The molecule has 98 valence electrons. The number of nitrogens with one attached hydrogen (secondary N) is 1. The Labute approximate surface area is 115 Å². The van der Waals surface area contributed by atoms with E-state index in [1.54, 1.807) is 12.1 Å². The van der Waals surface area contributed by atoms with Gasteiger partial charge in [0.05, 0.1) is 5.69 Å². The predicted molar refractivity (Wildman–Crippen MR) is 75.8 cm³/mol. The largest absolute Gasteiger partial charge is 0.373 e. The van der Waals surface area contributed by atoms with E-state index < -0.39 is 0 Å². The van der Waals surface area contributed by atoms with Gasteiger partial charge >= 0.3 is 0 Å². The van der Waals surface area contributed by atoms with Crippen molar-refractivity contribution in [2.45, 2.75) is 17.9 Å². The average molecular weight is 275 g/mol. The van der Waals surface area contributed by atoms with Crippen LogP contribution < -0.4 is 5.32 Å². The minimum Gasteiger partial charge on any atom is -0.373 e. The topological polar surface area (TPSA) is 37.8 Å². The molecule has 19 heavy (non-hydrogen) atoms. The van der Waals surface area contributed by atoms with Crippen molar-refractivity contribution in [1.82, 2.24) is 9.97 Å². The summed E-state index contributed by atoms with van der Waals surface area (Å²) in [6, 6.07) is 6.49. The summed E-state index contributed by atoms with van der Waals surface area (Å²) in [5.74, 6) is 3.42. The van der Waals surface area contributed by atoms with Crippen LogP contribution in [0, 0.1) is 5.82 Å². The number of nitrogens with zero attached hydrogens (tertiary/aromatic N) is 2. The fourth-order valence-corrected chi connectivity index (χ4v) is 3.21. The van der Waals surface area contributed by atoms with Crippen LogP contribution in [0.4, 0.5) is 10.2 Å². The van der Waals surface area contributed by atoms with Gasteiger partial charge in [-0.3, -0.25) is 0 Å². The molecule has 0 spiro atoms. The Morgan fingerprint density at radius 1 is 1.21 bits per heavy atom. The zero-order valence-corrected chi connectivity index (χ0v) is 11.4. The lowest BCUT2D eigenvalue weighted by Gasteiger charge is -2.09. The quantitative estimate of drug-likeness (QED) is 0.934. The monoisotopic (exact) mass is 275 g/mol. The van der Waals surface area contributed by atoms with Crippen molar-refractivity contribution < 1.29 is 4.39 Å². The number of halogens is 1. The number of anilines is 1. The van der Waals surface area contributed by atoms with Crippen LogP contribution in [0.3, 0.4) is 0 Å². The lowest BCUT2D eigenvalue weighted by Crippen LogP contribution is -2.06. The van der Waals surface area contributed by atoms with Gasteiger partial charge in [-0.25, -0.2) is 14.4 Å². The number of aromatic nitrogens is 2. The van der Waals surface area contributed by atoms with E-state index in [1.807, 2.05) is 18.8 Å². The third-order valence-corrected chi connectivity index (χ3v) is 4.11. The molecule has 0 unspecified atom stereocenters. The summed E-state index contributed by atoms with van der Waals surface area (Å²) in [5, 5.41) is 3.14. The molecule has 1 aliphatic rings. The summed E-state index contributed by atoms with van der Waals surface area (Å²) in [6.07, 6.45) is 0.632. The number of hydrogen-bond acceptors (Lipinski definition) is 4. The Morgan fingerprint density at radius 2 is 2.00 bits per heavy atom. The highest BCUT2D eigenvalue weighted by molar-refractivity contribution is 7.98. The van der Waals surface area contributed by atoms with Crippen LogP contribution in [0.5, 0.6) is 0 Å². The second kappa shape index (κ2) is 5.17. The zero-order chi connectivity index (χ0) is 13.2. The van der Waals surface area contributed by atoms with Crippen LogP contribution in [-0.4, -0.2) is 17.0 Å². The maximum Gasteiger partial charge on any atom is 0.135 e. The predicted octanol–water partition coefficient (Wildman–Crippen LogP) is 3.00. The summed E-state index contributed by atoms with van der Waals surface area (Å²) in [7, 11) is 1.88. The number of rotatable bonds is 3. The van der Waals surface area contributed by atoms with Gasteiger partial charge in [-0.2, -0.15) is 11.8 Å². The van der Waals surface area contributed by atoms with Crippen molar-refractivity contribution >= 4 is 17.6 Å². The molecule has 5 heteroatoms. The van der Waals surface area contributed by atoms with E-state index >= 15 is 0 Å². The van der Waals surface area contributed by atoms with E-state index in [0.717, 1.165) is 34.4 Å². The van der Waals surface area contributed by atoms with E-state index in [0.29, 0.717) is 6.42 Å². The van der Waals surface area contributed by atoms with E-state index in [-0.39, 0.29) is 5.82 Å². The minimum atomic E-state index is -0.217. The van der Waals surface area contributed by atoms with Gasteiger partial charge < -0.3 is 5.32 Å². The SMILES string of the molecule is CNc1nc(Cc2ccc(F)cc2)nc2c1CSC2. The Kier molecular flexibility index (Phi) is 3.38. The van der Waals surface area contributed by atoms with Gasteiger partial charge in [-0.15, -0.1) is 0 Å². The van der Waals surface area contributed by atoms with Gasteiger partial charge in [-0.05, 0) is 17.7 Å². The summed E-state index contributed by atoms with van der Waals surface area (Å²) in [4.78, 5) is 9.17. The molecule has 1 aromatic carbocycles. The molecule has 1 aliphatic heterocycles. The molecule has 0 atom stereocenters. The van der Waals surface area contributed by atoms with Crippen molar-refractivity contribution in [2.75, 3.05) is 12.4 Å². The average Bonchev–Trinajstić information content (AvgIpc) is 2.89. The fraction of sp³-hybridized carbons (Fsp3) is 0.286. The summed E-state index contributed by atoms with van der Waals surface area (Å²) in [6.45, 7) is 0. The number of thioether (sulfide) groups is 1. The summed E-state index contributed by atoms with van der Waals surface area (Å²) >= 11 is 1.86. The summed E-state index contributed by atoms with van der Waals surface area (Å²) in [5.41, 5.74) is 3.37. The van der Waals surface area contributed by atoms with Gasteiger partial charge in [0.25, 0.3) is 0 Å². The molecule has 0 radical (unpaired) electrons. The van der Waals surface area contributed by atoms with Crippen LogP contribution in [0.2, 0.25) is 0 Å². The Balaban J connectivity index is 1.91. The molecule has 0 saturated carbocycles. The molecule has 3 rings (SSSR count). The van der Waals surface area contributed by atoms with E-state index in [2.05, 4.69) is 15.3 Å². The first-order chi connectivity index (χ1) is 9.26. The maximum atomic E-state index is 12.9. The van der Waals surface area contributed by atoms with Crippen molar-refractivity contribution in [2.24, 2.45) is 0 Å². The molecule has 0 saturated heterocycles. The van der Waals surface area contributed by atoms with Gasteiger partial charge in [0.1, 0.15) is 17.5 Å². The van der Waals surface area contributed by atoms with Crippen LogP contribution in [0.25, 0.3) is 0 Å². The lowest BCUT2D eigenvalue weighted by atomic mass is 10.1. The normalized spacial score (nSPS) is 13.4. The van der Waals surface area contributed by atoms with E-state index in [9.17, 15) is 4.39 Å². The van der Waals surface area contributed by atoms with Gasteiger partial charge in [0.2, 0.25) is 0 Å². The highest BCUT2D eigenvalue weighted by Crippen LogP contribution is 2.32. The molecular formula is C14H14FN3S. The Hall–Kier alpha value is -1.62. The maximum absolute atomic E-state index is 12.9. The highest BCUT2D eigenvalue weighted by atomic mass is 32.2. The first-order valence-corrected chi connectivity index (χ1v) is 7.30. The molecule has 0 amide bonds. The Bertz CT molecular complexity index is 598. The van der Waals surface area contributed by atoms with Crippen LogP contribution >= 0.6 is 11.8 Å².